The average Bonchev–Trinajstić information content (AvgIpc) is 2.85. The number of nitrogens with one attached hydrogen (secondary N) is 1. The summed E-state index contributed by atoms with van der Waals surface area (Å²) in [5, 5.41) is 11.9. The van der Waals surface area contributed by atoms with Gasteiger partial charge in [-0.2, -0.15) is 4.99 Å². The summed E-state index contributed by atoms with van der Waals surface area (Å²) in [5.41, 5.74) is 3.14. The zero-order valence-corrected chi connectivity index (χ0v) is 19.2. The molecule has 0 aliphatic heterocycles. The van der Waals surface area contributed by atoms with Gasteiger partial charge in [0.2, 0.25) is 6.08 Å². The third-order valence-electron chi connectivity index (χ3n) is 5.50. The summed E-state index contributed by atoms with van der Waals surface area (Å²) >= 11 is 0. The summed E-state index contributed by atoms with van der Waals surface area (Å²) in [4.78, 5) is 49.7. The summed E-state index contributed by atoms with van der Waals surface area (Å²) in [7, 11) is 0. The predicted molar refractivity (Wildman–Crippen MR) is 127 cm³/mol. The van der Waals surface area contributed by atoms with E-state index in [0.29, 0.717) is 30.6 Å². The van der Waals surface area contributed by atoms with E-state index in [9.17, 15) is 24.3 Å². The van der Waals surface area contributed by atoms with Crippen molar-refractivity contribution in [1.82, 2.24) is 0 Å². The van der Waals surface area contributed by atoms with Crippen LogP contribution in [0.15, 0.2) is 65.7 Å². The number of rotatable bonds is 9. The lowest BCUT2D eigenvalue weighted by molar-refractivity contribution is -0.160. The molecule has 0 saturated heterocycles. The van der Waals surface area contributed by atoms with Crippen LogP contribution in [0.4, 0.5) is 16.2 Å². The van der Waals surface area contributed by atoms with Crippen molar-refractivity contribution in [3.05, 3.63) is 71.8 Å². The number of carbonyl (C=O) groups is 3. The number of aliphatic imine (C=N–C) groups is 1. The minimum Gasteiger partial charge on any atom is -0.481 e. The van der Waals surface area contributed by atoms with Gasteiger partial charge in [0.15, 0.2) is 0 Å². The minimum absolute atomic E-state index is 0.173. The fourth-order valence-electron chi connectivity index (χ4n) is 3.69. The molecule has 0 radical (unpaired) electrons. The van der Waals surface area contributed by atoms with E-state index in [1.807, 2.05) is 24.3 Å². The Morgan fingerprint density at radius 2 is 1.77 bits per heavy atom. The Kier molecular flexibility index (Phi) is 8.92. The first kappa shape index (κ1) is 25.4. The molecule has 0 bridgehead atoms. The number of isocyanates is 1. The van der Waals surface area contributed by atoms with Crippen LogP contribution in [0.25, 0.3) is 0 Å². The van der Waals surface area contributed by atoms with Crippen LogP contribution in [0, 0.1) is 11.8 Å². The summed E-state index contributed by atoms with van der Waals surface area (Å²) in [6.45, 7) is 1.40. The zero-order valence-electron chi connectivity index (χ0n) is 19.2. The maximum absolute atomic E-state index is 12.4. The van der Waals surface area contributed by atoms with E-state index in [-0.39, 0.29) is 6.61 Å². The standard InChI is InChI=1S/C26H26N2O7/c1-17(35-25(32)23-5-3-2-4-22(23)24(30)31)15-34-26(33)28-21-12-8-19(9-13-21)14-18-6-10-20(11-7-18)27-16-29/h3,5-13,17,22-23H,2,4,14-15H2,1H3,(H,28,33)(H,30,31). The van der Waals surface area contributed by atoms with Crippen LogP contribution in [0.5, 0.6) is 0 Å². The van der Waals surface area contributed by atoms with Crippen LogP contribution < -0.4 is 5.32 Å². The first-order chi connectivity index (χ1) is 16.9. The molecule has 2 aromatic carbocycles. The number of benzene rings is 2. The zero-order chi connectivity index (χ0) is 25.2. The summed E-state index contributed by atoms with van der Waals surface area (Å²) in [6.07, 6.45) is 5.04. The lowest BCUT2D eigenvalue weighted by Gasteiger charge is -2.24. The van der Waals surface area contributed by atoms with Gasteiger partial charge in [0.25, 0.3) is 0 Å². The van der Waals surface area contributed by atoms with E-state index in [1.165, 1.54) is 6.08 Å². The number of nitrogens with zero attached hydrogens (tertiary/aromatic N) is 1. The molecule has 1 aliphatic rings. The third-order valence-corrected chi connectivity index (χ3v) is 5.50. The number of carboxylic acids is 1. The van der Waals surface area contributed by atoms with Gasteiger partial charge < -0.3 is 14.6 Å². The molecule has 3 unspecified atom stereocenters. The molecule has 3 atom stereocenters. The van der Waals surface area contributed by atoms with Gasteiger partial charge in [-0.3, -0.25) is 14.9 Å². The number of anilines is 1. The minimum atomic E-state index is -1.03. The fourth-order valence-corrected chi connectivity index (χ4v) is 3.69. The number of amides is 1. The Labute approximate surface area is 202 Å². The molecule has 1 amide bonds. The van der Waals surface area contributed by atoms with Crippen LogP contribution in [-0.4, -0.2) is 41.9 Å². The highest BCUT2D eigenvalue weighted by Crippen LogP contribution is 2.26. The molecule has 0 spiro atoms. The van der Waals surface area contributed by atoms with Crippen molar-refractivity contribution >= 4 is 35.5 Å². The van der Waals surface area contributed by atoms with Crippen molar-refractivity contribution in [3.8, 4) is 0 Å². The Morgan fingerprint density at radius 1 is 1.11 bits per heavy atom. The molecule has 2 N–H and O–H groups in total. The maximum atomic E-state index is 12.4. The number of aliphatic carboxylic acids is 1. The number of hydrogen-bond donors (Lipinski definition) is 2. The first-order valence-corrected chi connectivity index (χ1v) is 11.1. The quantitative estimate of drug-likeness (QED) is 0.236. The number of carbonyl (C=O) groups excluding carboxylic acids is 3. The largest absolute Gasteiger partial charge is 0.481 e. The molecule has 9 heteroatoms. The van der Waals surface area contributed by atoms with Crippen molar-refractivity contribution in [2.24, 2.45) is 16.8 Å². The monoisotopic (exact) mass is 478 g/mol. The highest BCUT2D eigenvalue weighted by molar-refractivity contribution is 5.85. The number of allylic oxidation sites excluding steroid dienone is 1. The molecule has 35 heavy (non-hydrogen) atoms. The Morgan fingerprint density at radius 3 is 2.40 bits per heavy atom. The molecular formula is C26H26N2O7. The van der Waals surface area contributed by atoms with E-state index in [0.717, 1.165) is 11.1 Å². The molecule has 0 fully saturated rings. The molecule has 0 heterocycles. The smallest absolute Gasteiger partial charge is 0.411 e. The highest BCUT2D eigenvalue weighted by atomic mass is 16.6. The van der Waals surface area contributed by atoms with Crippen molar-refractivity contribution in [1.29, 1.82) is 0 Å². The van der Waals surface area contributed by atoms with Crippen LogP contribution in [-0.2, 0) is 30.3 Å². The van der Waals surface area contributed by atoms with Crippen molar-refractivity contribution in [2.45, 2.75) is 32.3 Å². The molecule has 2 aromatic rings. The van der Waals surface area contributed by atoms with E-state index >= 15 is 0 Å². The lowest BCUT2D eigenvalue weighted by Crippen LogP contribution is -2.34. The van der Waals surface area contributed by atoms with Gasteiger partial charge in [-0.05, 0) is 61.6 Å². The summed E-state index contributed by atoms with van der Waals surface area (Å²) in [6, 6.07) is 14.4. The van der Waals surface area contributed by atoms with Gasteiger partial charge in [0.05, 0.1) is 17.5 Å². The molecule has 3 rings (SSSR count). The van der Waals surface area contributed by atoms with Crippen LogP contribution in [0.2, 0.25) is 0 Å². The SMILES string of the molecule is CC(COC(=O)Nc1ccc(Cc2ccc(N=C=O)cc2)cc1)OC(=O)C1C=CCCC1C(=O)O. The topological polar surface area (TPSA) is 131 Å². The molecule has 182 valence electrons. The van der Waals surface area contributed by atoms with Crippen molar-refractivity contribution < 1.29 is 33.8 Å². The molecule has 0 aromatic heterocycles. The summed E-state index contributed by atoms with van der Waals surface area (Å²) in [5.74, 6) is -3.35. The fraction of sp³-hybridized carbons (Fsp3) is 0.308. The van der Waals surface area contributed by atoms with Gasteiger partial charge in [0.1, 0.15) is 12.7 Å². The van der Waals surface area contributed by atoms with Gasteiger partial charge in [-0.25, -0.2) is 9.59 Å². The second kappa shape index (κ2) is 12.3. The van der Waals surface area contributed by atoms with E-state index in [2.05, 4.69) is 10.3 Å². The second-order valence-electron chi connectivity index (χ2n) is 8.19. The van der Waals surface area contributed by atoms with E-state index in [4.69, 9.17) is 9.47 Å². The first-order valence-electron chi connectivity index (χ1n) is 11.1. The average molecular weight is 479 g/mol. The highest BCUT2D eigenvalue weighted by Gasteiger charge is 2.35. The van der Waals surface area contributed by atoms with E-state index in [1.54, 1.807) is 43.3 Å². The molecule has 0 saturated carbocycles. The molecular weight excluding hydrogens is 452 g/mol. The molecule has 1 aliphatic carbocycles. The number of esters is 1. The van der Waals surface area contributed by atoms with E-state index < -0.39 is 36.0 Å². The van der Waals surface area contributed by atoms with Gasteiger partial charge >= 0.3 is 18.0 Å². The van der Waals surface area contributed by atoms with Gasteiger partial charge in [-0.1, -0.05) is 36.4 Å². The van der Waals surface area contributed by atoms with Gasteiger partial charge in [-0.15, -0.1) is 0 Å². The van der Waals surface area contributed by atoms with Crippen LogP contribution in [0.1, 0.15) is 30.9 Å². The predicted octanol–water partition coefficient (Wildman–Crippen LogP) is 4.39. The third kappa shape index (κ3) is 7.65. The van der Waals surface area contributed by atoms with Crippen LogP contribution in [0.3, 0.4) is 0 Å². The van der Waals surface area contributed by atoms with Crippen molar-refractivity contribution in [2.75, 3.05) is 11.9 Å². The van der Waals surface area contributed by atoms with Crippen LogP contribution >= 0.6 is 0 Å². The Hall–Kier alpha value is -4.23. The Balaban J connectivity index is 1.44. The van der Waals surface area contributed by atoms with Gasteiger partial charge in [0, 0.05) is 5.69 Å². The molecule has 9 nitrogen and oxygen atoms in total. The van der Waals surface area contributed by atoms with Crippen molar-refractivity contribution in [3.63, 3.8) is 0 Å². The number of hydrogen-bond acceptors (Lipinski definition) is 7. The number of carboxylic acid groups (broad SMARTS) is 1. The second-order valence-corrected chi connectivity index (χ2v) is 8.19. The Bertz CT molecular complexity index is 1120. The maximum Gasteiger partial charge on any atom is 0.411 e. The summed E-state index contributed by atoms with van der Waals surface area (Å²) < 4.78 is 10.4. The lowest BCUT2D eigenvalue weighted by atomic mass is 9.84. The normalized spacial score (nSPS) is 17.5. The number of ether oxygens (including phenoxy) is 2.